The van der Waals surface area contributed by atoms with Crippen LogP contribution in [0.1, 0.15) is 12.8 Å². The zero-order valence-corrected chi connectivity index (χ0v) is 12.2. The minimum Gasteiger partial charge on any atom is -0.399 e. The molecule has 0 spiro atoms. The molecule has 20 heavy (non-hydrogen) atoms. The Hall–Kier alpha value is -1.18. The van der Waals surface area contributed by atoms with Crippen LogP contribution in [0, 0.1) is 11.7 Å². The molecule has 0 bridgehead atoms. The maximum Gasteiger partial charge on any atom is 0.245 e. The summed E-state index contributed by atoms with van der Waals surface area (Å²) < 4.78 is 44.9. The van der Waals surface area contributed by atoms with Crippen LogP contribution in [-0.2, 0) is 14.8 Å². The molecule has 2 N–H and O–H groups in total. The molecule has 1 aliphatic rings. The quantitative estimate of drug-likeness (QED) is 0.855. The van der Waals surface area contributed by atoms with Crippen molar-refractivity contribution in [2.24, 2.45) is 5.92 Å². The van der Waals surface area contributed by atoms with Gasteiger partial charge >= 0.3 is 0 Å². The first-order valence-corrected chi connectivity index (χ1v) is 7.94. The zero-order chi connectivity index (χ0) is 14.8. The van der Waals surface area contributed by atoms with E-state index in [0.717, 1.165) is 18.9 Å². The molecule has 1 heterocycles. The first-order chi connectivity index (χ1) is 9.41. The first-order valence-electron chi connectivity index (χ1n) is 6.50. The van der Waals surface area contributed by atoms with E-state index in [4.69, 9.17) is 10.5 Å². The highest BCUT2D eigenvalue weighted by Crippen LogP contribution is 2.23. The average Bonchev–Trinajstić information content (AvgIpc) is 2.39. The molecule has 0 radical (unpaired) electrons. The van der Waals surface area contributed by atoms with Crippen molar-refractivity contribution in [2.45, 2.75) is 17.7 Å². The van der Waals surface area contributed by atoms with Crippen LogP contribution in [0.4, 0.5) is 10.1 Å². The van der Waals surface area contributed by atoms with Gasteiger partial charge < -0.3 is 10.5 Å². The number of hydrogen-bond acceptors (Lipinski definition) is 4. The minimum absolute atomic E-state index is 0.202. The number of anilines is 1. The van der Waals surface area contributed by atoms with Gasteiger partial charge in [0.05, 0.1) is 0 Å². The molecule has 7 heteroatoms. The lowest BCUT2D eigenvalue weighted by atomic mass is 10.0. The van der Waals surface area contributed by atoms with Gasteiger partial charge in [0.1, 0.15) is 10.7 Å². The smallest absolute Gasteiger partial charge is 0.245 e. The van der Waals surface area contributed by atoms with Crippen LogP contribution in [0.2, 0.25) is 0 Å². The van der Waals surface area contributed by atoms with Crippen molar-refractivity contribution in [3.63, 3.8) is 0 Å². The number of nitrogens with zero attached hydrogens (tertiary/aromatic N) is 1. The predicted octanol–water partition coefficient (Wildman–Crippen LogP) is 1.45. The third-order valence-electron chi connectivity index (χ3n) is 3.50. The lowest BCUT2D eigenvalue weighted by molar-refractivity contribution is 0.0620. The Bertz CT molecular complexity index is 571. The van der Waals surface area contributed by atoms with Gasteiger partial charge in [0.25, 0.3) is 0 Å². The van der Waals surface area contributed by atoms with E-state index in [1.54, 1.807) is 0 Å². The molecule has 1 aromatic rings. The monoisotopic (exact) mass is 302 g/mol. The summed E-state index contributed by atoms with van der Waals surface area (Å²) in [6.45, 7) is 1.67. The van der Waals surface area contributed by atoms with Gasteiger partial charge in [-0.2, -0.15) is 0 Å². The summed E-state index contributed by atoms with van der Waals surface area (Å²) in [4.78, 5) is -0.332. The van der Waals surface area contributed by atoms with Crippen LogP contribution >= 0.6 is 0 Å². The number of nitrogens with two attached hydrogens (primary N) is 1. The molecule has 1 saturated heterocycles. The van der Waals surface area contributed by atoms with Crippen molar-refractivity contribution in [2.75, 3.05) is 32.5 Å². The van der Waals surface area contributed by atoms with E-state index in [1.165, 1.54) is 23.5 Å². The molecule has 0 amide bonds. The molecule has 0 aliphatic carbocycles. The van der Waals surface area contributed by atoms with Gasteiger partial charge in [0.15, 0.2) is 0 Å². The van der Waals surface area contributed by atoms with E-state index < -0.39 is 15.8 Å². The van der Waals surface area contributed by atoms with Crippen LogP contribution in [0.5, 0.6) is 0 Å². The molecule has 1 aliphatic heterocycles. The van der Waals surface area contributed by atoms with Crippen molar-refractivity contribution in [1.29, 1.82) is 0 Å². The zero-order valence-electron chi connectivity index (χ0n) is 11.4. The highest BCUT2D eigenvalue weighted by atomic mass is 32.2. The van der Waals surface area contributed by atoms with E-state index in [0.29, 0.717) is 19.8 Å². The summed E-state index contributed by atoms with van der Waals surface area (Å²) >= 11 is 0. The van der Waals surface area contributed by atoms with Crippen molar-refractivity contribution < 1.29 is 17.5 Å². The Kier molecular flexibility index (Phi) is 4.62. The third-order valence-corrected chi connectivity index (χ3v) is 5.36. The molecule has 0 aromatic heterocycles. The van der Waals surface area contributed by atoms with Gasteiger partial charge in [-0.1, -0.05) is 0 Å². The molecule has 0 atom stereocenters. The summed E-state index contributed by atoms with van der Waals surface area (Å²) in [5.74, 6) is -0.566. The molecule has 2 rings (SSSR count). The minimum atomic E-state index is -3.82. The number of sulfonamides is 1. The Morgan fingerprint density at radius 3 is 2.65 bits per heavy atom. The Balaban J connectivity index is 2.16. The number of benzene rings is 1. The molecular weight excluding hydrogens is 283 g/mol. The molecule has 0 unspecified atom stereocenters. The maximum absolute atomic E-state index is 13.8. The fourth-order valence-electron chi connectivity index (χ4n) is 2.28. The van der Waals surface area contributed by atoms with Gasteiger partial charge in [-0.3, -0.25) is 0 Å². The Labute approximate surface area is 118 Å². The summed E-state index contributed by atoms with van der Waals surface area (Å²) in [5, 5.41) is 0. The fraction of sp³-hybridized carbons (Fsp3) is 0.538. The summed E-state index contributed by atoms with van der Waals surface area (Å²) in [6.07, 6.45) is 1.65. The van der Waals surface area contributed by atoms with Crippen molar-refractivity contribution in [1.82, 2.24) is 4.31 Å². The number of halogens is 1. The number of hydrogen-bond donors (Lipinski definition) is 1. The number of ether oxygens (including phenoxy) is 1. The van der Waals surface area contributed by atoms with Crippen LogP contribution < -0.4 is 5.73 Å². The second-order valence-corrected chi connectivity index (χ2v) is 7.04. The Morgan fingerprint density at radius 2 is 2.05 bits per heavy atom. The summed E-state index contributed by atoms with van der Waals surface area (Å²) in [6, 6.07) is 3.62. The summed E-state index contributed by atoms with van der Waals surface area (Å²) in [7, 11) is -2.35. The third kappa shape index (κ3) is 3.28. The highest BCUT2D eigenvalue weighted by molar-refractivity contribution is 7.89. The van der Waals surface area contributed by atoms with Crippen molar-refractivity contribution in [3.8, 4) is 0 Å². The van der Waals surface area contributed by atoms with E-state index in [1.807, 2.05) is 0 Å². The van der Waals surface area contributed by atoms with E-state index >= 15 is 0 Å². The van der Waals surface area contributed by atoms with Crippen LogP contribution in [-0.4, -0.2) is 39.5 Å². The van der Waals surface area contributed by atoms with E-state index in [-0.39, 0.29) is 16.5 Å². The molecular formula is C13H19FN2O3S. The van der Waals surface area contributed by atoms with Gasteiger partial charge in [-0.25, -0.2) is 17.1 Å². The number of nitrogen functional groups attached to an aromatic ring is 1. The number of rotatable bonds is 4. The fourth-order valence-corrected chi connectivity index (χ4v) is 3.57. The topological polar surface area (TPSA) is 72.6 Å². The lowest BCUT2D eigenvalue weighted by Crippen LogP contribution is -2.34. The van der Waals surface area contributed by atoms with Crippen LogP contribution in [0.3, 0.4) is 0 Å². The molecule has 1 aromatic carbocycles. The SMILES string of the molecule is CN(CC1CCOCC1)S(=O)(=O)c1ccc(N)cc1F. The molecule has 112 valence electrons. The van der Waals surface area contributed by atoms with Gasteiger partial charge in [-0.05, 0) is 37.0 Å². The lowest BCUT2D eigenvalue weighted by Gasteiger charge is -2.26. The molecule has 1 fully saturated rings. The van der Waals surface area contributed by atoms with Crippen LogP contribution in [0.25, 0.3) is 0 Å². The largest absolute Gasteiger partial charge is 0.399 e. The Morgan fingerprint density at radius 1 is 1.40 bits per heavy atom. The standard InChI is InChI=1S/C13H19FN2O3S/c1-16(9-10-4-6-19-7-5-10)20(17,18)13-3-2-11(15)8-12(13)14/h2-3,8,10H,4-7,9,15H2,1H3. The van der Waals surface area contributed by atoms with E-state index in [9.17, 15) is 12.8 Å². The highest BCUT2D eigenvalue weighted by Gasteiger charge is 2.27. The molecule has 0 saturated carbocycles. The summed E-state index contributed by atoms with van der Waals surface area (Å²) in [5.41, 5.74) is 5.64. The van der Waals surface area contributed by atoms with Gasteiger partial charge in [0, 0.05) is 32.5 Å². The maximum atomic E-state index is 13.8. The van der Waals surface area contributed by atoms with Crippen molar-refractivity contribution in [3.05, 3.63) is 24.0 Å². The van der Waals surface area contributed by atoms with Gasteiger partial charge in [0.2, 0.25) is 10.0 Å². The second-order valence-electron chi connectivity index (χ2n) is 5.03. The first kappa shape index (κ1) is 15.2. The van der Waals surface area contributed by atoms with Gasteiger partial charge in [-0.15, -0.1) is 0 Å². The molecule has 5 nitrogen and oxygen atoms in total. The predicted molar refractivity (Wildman–Crippen MR) is 74.2 cm³/mol. The van der Waals surface area contributed by atoms with Crippen molar-refractivity contribution >= 4 is 15.7 Å². The normalized spacial score (nSPS) is 17.6. The average molecular weight is 302 g/mol. The van der Waals surface area contributed by atoms with Crippen LogP contribution in [0.15, 0.2) is 23.1 Å². The van der Waals surface area contributed by atoms with E-state index in [2.05, 4.69) is 0 Å². The second kappa shape index (κ2) is 6.07.